The Morgan fingerprint density at radius 2 is 2.20 bits per heavy atom. The van der Waals surface area contributed by atoms with Crippen molar-refractivity contribution in [3.63, 3.8) is 0 Å². The van der Waals surface area contributed by atoms with E-state index in [1.807, 2.05) is 0 Å². The molecule has 5 heteroatoms. The van der Waals surface area contributed by atoms with Crippen LogP contribution in [0.25, 0.3) is 0 Å². The van der Waals surface area contributed by atoms with Gasteiger partial charge in [-0.25, -0.2) is 4.39 Å². The summed E-state index contributed by atoms with van der Waals surface area (Å²) in [5, 5.41) is 11.4. The van der Waals surface area contributed by atoms with Crippen molar-refractivity contribution in [1.82, 2.24) is 0 Å². The molecule has 0 saturated heterocycles. The van der Waals surface area contributed by atoms with Crippen molar-refractivity contribution < 1.29 is 9.18 Å². The first kappa shape index (κ1) is 16.1. The molecule has 0 aromatic heterocycles. The molecule has 1 atom stereocenters. The molecule has 108 valence electrons. The third kappa shape index (κ3) is 4.98. The number of rotatable bonds is 6. The van der Waals surface area contributed by atoms with Gasteiger partial charge in [0.2, 0.25) is 5.91 Å². The number of amides is 1. The van der Waals surface area contributed by atoms with Crippen LogP contribution >= 0.6 is 0 Å². The maximum absolute atomic E-state index is 13.2. The monoisotopic (exact) mass is 277 g/mol. The lowest BCUT2D eigenvalue weighted by Gasteiger charge is -2.16. The first-order valence-corrected chi connectivity index (χ1v) is 6.65. The molecule has 0 saturated carbocycles. The molecule has 1 rings (SSSR count). The van der Waals surface area contributed by atoms with E-state index < -0.39 is 5.82 Å². The van der Waals surface area contributed by atoms with E-state index in [0.717, 1.165) is 6.42 Å². The van der Waals surface area contributed by atoms with E-state index >= 15 is 0 Å². The molecular weight excluding hydrogens is 257 g/mol. The Hall–Kier alpha value is -1.93. The number of nitrogens with zero attached hydrogens (tertiary/aromatic N) is 1. The highest BCUT2D eigenvalue weighted by Gasteiger charge is 2.14. The molecule has 0 fully saturated rings. The zero-order chi connectivity index (χ0) is 15.1. The quantitative estimate of drug-likeness (QED) is 0.839. The molecule has 20 heavy (non-hydrogen) atoms. The minimum absolute atomic E-state index is 0.0830. The van der Waals surface area contributed by atoms with Crippen LogP contribution < -0.4 is 11.1 Å². The molecule has 1 aromatic carbocycles. The van der Waals surface area contributed by atoms with E-state index in [9.17, 15) is 9.18 Å². The van der Waals surface area contributed by atoms with Crippen molar-refractivity contribution in [2.75, 3.05) is 11.9 Å². The van der Waals surface area contributed by atoms with Gasteiger partial charge in [0.25, 0.3) is 0 Å². The average molecular weight is 277 g/mol. The molecular formula is C15H20FN3O. The molecule has 1 amide bonds. The van der Waals surface area contributed by atoms with Crippen LogP contribution in [0.1, 0.15) is 32.3 Å². The Morgan fingerprint density at radius 3 is 2.75 bits per heavy atom. The van der Waals surface area contributed by atoms with Gasteiger partial charge in [-0.1, -0.05) is 13.8 Å². The van der Waals surface area contributed by atoms with Gasteiger partial charge in [0.05, 0.1) is 5.56 Å². The standard InChI is InChI=1S/C15H20FN3O/c1-10(2)5-11(8-17)6-15(20)19-13-3-4-14(16)12(7-13)9-18/h3-4,7,10-11H,5-6,8,17H2,1-2H3,(H,19,20)/t11-/m0/s1. The van der Waals surface area contributed by atoms with Gasteiger partial charge >= 0.3 is 0 Å². The van der Waals surface area contributed by atoms with Crippen LogP contribution in [0.15, 0.2) is 18.2 Å². The van der Waals surface area contributed by atoms with Crippen LogP contribution in [-0.2, 0) is 4.79 Å². The molecule has 0 aliphatic rings. The molecule has 1 aromatic rings. The fourth-order valence-corrected chi connectivity index (χ4v) is 2.09. The second-order valence-corrected chi connectivity index (χ2v) is 5.29. The lowest BCUT2D eigenvalue weighted by molar-refractivity contribution is -0.117. The first-order chi connectivity index (χ1) is 9.46. The molecule has 0 unspecified atom stereocenters. The smallest absolute Gasteiger partial charge is 0.224 e. The molecule has 0 radical (unpaired) electrons. The van der Waals surface area contributed by atoms with Gasteiger partial charge in [0.15, 0.2) is 0 Å². The van der Waals surface area contributed by atoms with E-state index in [1.165, 1.54) is 18.2 Å². The topological polar surface area (TPSA) is 78.9 Å². The predicted molar refractivity (Wildman–Crippen MR) is 76.4 cm³/mol. The maximum atomic E-state index is 13.2. The van der Waals surface area contributed by atoms with Gasteiger partial charge in [-0.3, -0.25) is 4.79 Å². The fourth-order valence-electron chi connectivity index (χ4n) is 2.09. The number of hydrogen-bond donors (Lipinski definition) is 2. The summed E-state index contributed by atoms with van der Waals surface area (Å²) < 4.78 is 13.2. The zero-order valence-corrected chi connectivity index (χ0v) is 11.8. The third-order valence-corrected chi connectivity index (χ3v) is 2.98. The van der Waals surface area contributed by atoms with Gasteiger partial charge in [-0.05, 0) is 43.0 Å². The molecule has 0 heterocycles. The lowest BCUT2D eigenvalue weighted by atomic mass is 9.94. The Morgan fingerprint density at radius 1 is 1.50 bits per heavy atom. The Bertz CT molecular complexity index is 508. The number of hydrogen-bond acceptors (Lipinski definition) is 3. The van der Waals surface area contributed by atoms with Crippen molar-refractivity contribution in [2.24, 2.45) is 17.6 Å². The molecule has 0 aliphatic heterocycles. The van der Waals surface area contributed by atoms with Crippen molar-refractivity contribution in [2.45, 2.75) is 26.7 Å². The molecule has 4 nitrogen and oxygen atoms in total. The van der Waals surface area contributed by atoms with Crippen LogP contribution in [0, 0.1) is 29.0 Å². The number of carbonyl (C=O) groups is 1. The van der Waals surface area contributed by atoms with Gasteiger partial charge < -0.3 is 11.1 Å². The first-order valence-electron chi connectivity index (χ1n) is 6.65. The molecule has 0 spiro atoms. The number of nitrogens with one attached hydrogen (secondary N) is 1. The highest BCUT2D eigenvalue weighted by atomic mass is 19.1. The zero-order valence-electron chi connectivity index (χ0n) is 11.8. The minimum atomic E-state index is -0.592. The number of anilines is 1. The number of halogens is 1. The van der Waals surface area contributed by atoms with Gasteiger partial charge in [0, 0.05) is 12.1 Å². The number of benzene rings is 1. The summed E-state index contributed by atoms with van der Waals surface area (Å²) in [7, 11) is 0. The Balaban J connectivity index is 2.64. The predicted octanol–water partition coefficient (Wildman–Crippen LogP) is 2.65. The van der Waals surface area contributed by atoms with Crippen molar-refractivity contribution >= 4 is 11.6 Å². The minimum Gasteiger partial charge on any atom is -0.330 e. The summed E-state index contributed by atoms with van der Waals surface area (Å²) in [4.78, 5) is 11.9. The largest absolute Gasteiger partial charge is 0.330 e. The SMILES string of the molecule is CC(C)C[C@H](CN)CC(=O)Nc1ccc(F)c(C#N)c1. The normalized spacial score (nSPS) is 12.0. The number of carbonyl (C=O) groups excluding carboxylic acids is 1. The maximum Gasteiger partial charge on any atom is 0.224 e. The van der Waals surface area contributed by atoms with Crippen LogP contribution in [0.2, 0.25) is 0 Å². The van der Waals surface area contributed by atoms with Gasteiger partial charge in [-0.2, -0.15) is 5.26 Å². The van der Waals surface area contributed by atoms with Crippen molar-refractivity contribution in [3.05, 3.63) is 29.6 Å². The van der Waals surface area contributed by atoms with Crippen LogP contribution in [0.5, 0.6) is 0 Å². The second-order valence-electron chi connectivity index (χ2n) is 5.29. The average Bonchev–Trinajstić information content (AvgIpc) is 2.39. The molecule has 3 N–H and O–H groups in total. The highest BCUT2D eigenvalue weighted by molar-refractivity contribution is 5.91. The summed E-state index contributed by atoms with van der Waals surface area (Å²) >= 11 is 0. The number of nitriles is 1. The Labute approximate surface area is 118 Å². The molecule has 0 aliphatic carbocycles. The molecule has 0 bridgehead atoms. The summed E-state index contributed by atoms with van der Waals surface area (Å²) in [5.41, 5.74) is 6.00. The van der Waals surface area contributed by atoms with Crippen LogP contribution in [-0.4, -0.2) is 12.5 Å². The highest BCUT2D eigenvalue weighted by Crippen LogP contribution is 2.17. The summed E-state index contributed by atoms with van der Waals surface area (Å²) in [6.07, 6.45) is 1.21. The van der Waals surface area contributed by atoms with E-state index in [2.05, 4.69) is 19.2 Å². The van der Waals surface area contributed by atoms with Gasteiger partial charge in [-0.15, -0.1) is 0 Å². The summed E-state index contributed by atoms with van der Waals surface area (Å²) in [5.74, 6) is -0.153. The number of nitrogens with two attached hydrogens (primary N) is 1. The van der Waals surface area contributed by atoms with Crippen LogP contribution in [0.4, 0.5) is 10.1 Å². The van der Waals surface area contributed by atoms with Gasteiger partial charge in [0.1, 0.15) is 11.9 Å². The summed E-state index contributed by atoms with van der Waals surface area (Å²) in [6.45, 7) is 4.62. The van der Waals surface area contributed by atoms with E-state index in [0.29, 0.717) is 24.6 Å². The van der Waals surface area contributed by atoms with Crippen molar-refractivity contribution in [1.29, 1.82) is 5.26 Å². The third-order valence-electron chi connectivity index (χ3n) is 2.98. The van der Waals surface area contributed by atoms with Crippen LogP contribution in [0.3, 0.4) is 0 Å². The van der Waals surface area contributed by atoms with E-state index in [4.69, 9.17) is 11.0 Å². The Kier molecular flexibility index (Phi) is 6.13. The second kappa shape index (κ2) is 7.61. The summed E-state index contributed by atoms with van der Waals surface area (Å²) in [6, 6.07) is 5.67. The van der Waals surface area contributed by atoms with Crippen molar-refractivity contribution in [3.8, 4) is 6.07 Å². The van der Waals surface area contributed by atoms with E-state index in [-0.39, 0.29) is 17.4 Å². The van der Waals surface area contributed by atoms with E-state index in [1.54, 1.807) is 6.07 Å². The lowest BCUT2D eigenvalue weighted by Crippen LogP contribution is -2.23. The fraction of sp³-hybridized carbons (Fsp3) is 0.467.